The normalized spacial score (nSPS) is 14.9. The quantitative estimate of drug-likeness (QED) is 0.405. The molecule has 5 rings (SSSR count). The van der Waals surface area contributed by atoms with Crippen molar-refractivity contribution in [1.82, 2.24) is 14.5 Å². The third kappa shape index (κ3) is 4.78. The fraction of sp³-hybridized carbons (Fsp3) is 0.241. The first-order valence-electron chi connectivity index (χ1n) is 12.0. The molecule has 1 aliphatic heterocycles. The molecular weight excluding hydrogens is 436 g/mol. The number of carbonyl (C=O) groups is 1. The van der Waals surface area contributed by atoms with E-state index in [0.29, 0.717) is 13.1 Å². The van der Waals surface area contributed by atoms with Gasteiger partial charge in [0.1, 0.15) is 11.6 Å². The van der Waals surface area contributed by atoms with Crippen LogP contribution in [0.25, 0.3) is 0 Å². The fourth-order valence-electron chi connectivity index (χ4n) is 5.00. The first-order valence-corrected chi connectivity index (χ1v) is 12.0. The zero-order valence-electron chi connectivity index (χ0n) is 19.9. The number of imidazole rings is 1. The molecule has 4 aromatic rings. The van der Waals surface area contributed by atoms with E-state index >= 15 is 0 Å². The molecule has 2 amide bonds. The summed E-state index contributed by atoms with van der Waals surface area (Å²) in [6.07, 6.45) is 5.57. The second kappa shape index (κ2) is 10.1. The summed E-state index contributed by atoms with van der Waals surface area (Å²) in [6, 6.07) is 28.4. The zero-order valence-corrected chi connectivity index (χ0v) is 19.9. The van der Waals surface area contributed by atoms with Gasteiger partial charge >= 0.3 is 6.03 Å². The van der Waals surface area contributed by atoms with E-state index in [1.165, 1.54) is 11.1 Å². The lowest BCUT2D eigenvalue weighted by Crippen LogP contribution is -2.48. The Hall–Kier alpha value is -4.06. The van der Waals surface area contributed by atoms with E-state index in [1.54, 1.807) is 7.11 Å². The number of rotatable bonds is 6. The van der Waals surface area contributed by atoms with Crippen LogP contribution < -0.4 is 10.1 Å². The molecule has 0 atom stereocenters. The van der Waals surface area contributed by atoms with Crippen LogP contribution >= 0.6 is 0 Å². The lowest BCUT2D eigenvalue weighted by Gasteiger charge is -2.42. The molecule has 178 valence electrons. The lowest BCUT2D eigenvalue weighted by molar-refractivity contribution is 0.176. The highest BCUT2D eigenvalue weighted by molar-refractivity contribution is 5.89. The van der Waals surface area contributed by atoms with E-state index in [0.717, 1.165) is 36.6 Å². The number of hydrogen-bond donors (Lipinski definition) is 1. The largest absolute Gasteiger partial charge is 0.497 e. The summed E-state index contributed by atoms with van der Waals surface area (Å²) in [6.45, 7) is 2.07. The van der Waals surface area contributed by atoms with Crippen LogP contribution in [-0.2, 0) is 12.0 Å². The number of nitrogens with one attached hydrogen (secondary N) is 1. The van der Waals surface area contributed by atoms with Crippen molar-refractivity contribution in [3.63, 3.8) is 0 Å². The van der Waals surface area contributed by atoms with Crippen LogP contribution in [0.1, 0.15) is 29.8 Å². The third-order valence-corrected chi connectivity index (χ3v) is 6.91. The van der Waals surface area contributed by atoms with E-state index in [1.807, 2.05) is 47.5 Å². The maximum atomic E-state index is 13.0. The summed E-state index contributed by atoms with van der Waals surface area (Å²) < 4.78 is 7.47. The number of aromatic nitrogens is 2. The van der Waals surface area contributed by atoms with Crippen molar-refractivity contribution >= 4 is 11.7 Å². The lowest BCUT2D eigenvalue weighted by atomic mass is 9.72. The number of benzene rings is 3. The van der Waals surface area contributed by atoms with Gasteiger partial charge < -0.3 is 19.5 Å². The van der Waals surface area contributed by atoms with Gasteiger partial charge in [-0.05, 0) is 48.2 Å². The molecule has 6 nitrogen and oxygen atoms in total. The second-order valence-corrected chi connectivity index (χ2v) is 8.96. The smallest absolute Gasteiger partial charge is 0.321 e. The molecule has 0 bridgehead atoms. The second-order valence-electron chi connectivity index (χ2n) is 8.96. The number of anilines is 1. The van der Waals surface area contributed by atoms with Gasteiger partial charge in [0, 0.05) is 37.7 Å². The average Bonchev–Trinajstić information content (AvgIpc) is 3.39. The Kier molecular flexibility index (Phi) is 6.53. The fourth-order valence-corrected chi connectivity index (χ4v) is 5.00. The number of nitrogens with zero attached hydrogens (tertiary/aromatic N) is 3. The van der Waals surface area contributed by atoms with Crippen LogP contribution in [0.2, 0.25) is 0 Å². The van der Waals surface area contributed by atoms with Crippen molar-refractivity contribution in [1.29, 1.82) is 0 Å². The molecule has 1 fully saturated rings. The van der Waals surface area contributed by atoms with Crippen molar-refractivity contribution in [2.75, 3.05) is 25.5 Å². The zero-order chi connectivity index (χ0) is 24.1. The van der Waals surface area contributed by atoms with Gasteiger partial charge in [0.05, 0.1) is 12.5 Å². The molecule has 0 saturated carbocycles. The maximum absolute atomic E-state index is 13.0. The van der Waals surface area contributed by atoms with Crippen LogP contribution in [0, 0.1) is 0 Å². The highest BCUT2D eigenvalue weighted by atomic mass is 16.5. The van der Waals surface area contributed by atoms with Gasteiger partial charge in [0.2, 0.25) is 0 Å². The molecule has 1 saturated heterocycles. The van der Waals surface area contributed by atoms with Crippen molar-refractivity contribution in [3.05, 3.63) is 114 Å². The van der Waals surface area contributed by atoms with Crippen molar-refractivity contribution in [2.24, 2.45) is 0 Å². The van der Waals surface area contributed by atoms with E-state index < -0.39 is 0 Å². The topological polar surface area (TPSA) is 59.4 Å². The number of methoxy groups -OCH3 is 1. The SMILES string of the molecule is COc1ccc(NC(=O)N2CCC(c3ccccc3)(c3nccn3Cc3ccccc3)CC2)cc1. The summed E-state index contributed by atoms with van der Waals surface area (Å²) in [7, 11) is 1.63. The highest BCUT2D eigenvalue weighted by Crippen LogP contribution is 2.41. The Morgan fingerprint density at radius 1 is 0.943 bits per heavy atom. The van der Waals surface area contributed by atoms with Gasteiger partial charge in [0.15, 0.2) is 0 Å². The van der Waals surface area contributed by atoms with E-state index in [9.17, 15) is 4.79 Å². The van der Waals surface area contributed by atoms with Crippen LogP contribution in [-0.4, -0.2) is 40.7 Å². The number of piperidine rings is 1. The Labute approximate surface area is 206 Å². The average molecular weight is 467 g/mol. The van der Waals surface area contributed by atoms with Gasteiger partial charge in [-0.25, -0.2) is 9.78 Å². The van der Waals surface area contributed by atoms with Crippen LogP contribution in [0.5, 0.6) is 5.75 Å². The van der Waals surface area contributed by atoms with Crippen LogP contribution in [0.3, 0.4) is 0 Å². The summed E-state index contributed by atoms with van der Waals surface area (Å²) >= 11 is 0. The predicted octanol–water partition coefficient (Wildman–Crippen LogP) is 5.55. The minimum atomic E-state index is -0.254. The first-order chi connectivity index (χ1) is 17.2. The van der Waals surface area contributed by atoms with Gasteiger partial charge in [-0.1, -0.05) is 60.7 Å². The third-order valence-electron chi connectivity index (χ3n) is 6.91. The Bertz CT molecular complexity index is 1240. The van der Waals surface area contributed by atoms with Crippen molar-refractivity contribution in [2.45, 2.75) is 24.8 Å². The maximum Gasteiger partial charge on any atom is 0.321 e. The summed E-state index contributed by atoms with van der Waals surface area (Å²) in [5.41, 5.74) is 2.99. The predicted molar refractivity (Wildman–Crippen MR) is 138 cm³/mol. The number of hydrogen-bond acceptors (Lipinski definition) is 3. The van der Waals surface area contributed by atoms with Crippen molar-refractivity contribution < 1.29 is 9.53 Å². The van der Waals surface area contributed by atoms with Gasteiger partial charge in [-0.15, -0.1) is 0 Å². The van der Waals surface area contributed by atoms with E-state index in [2.05, 4.69) is 64.6 Å². The summed E-state index contributed by atoms with van der Waals surface area (Å²) in [4.78, 5) is 19.8. The number of likely N-dealkylation sites (tertiary alicyclic amines) is 1. The molecule has 0 radical (unpaired) electrons. The standard InChI is InChI=1S/C29H30N4O2/c1-35-26-14-12-25(13-15-26)31-28(34)32-19-16-29(17-20-32,24-10-6-3-7-11-24)27-30-18-21-33(27)22-23-8-4-2-5-9-23/h2-15,18,21H,16-17,19-20,22H2,1H3,(H,31,34). The Morgan fingerprint density at radius 2 is 1.60 bits per heavy atom. The molecule has 35 heavy (non-hydrogen) atoms. The Balaban J connectivity index is 1.37. The number of ether oxygens (including phenoxy) is 1. The molecule has 0 unspecified atom stereocenters. The van der Waals surface area contributed by atoms with Gasteiger partial charge in [-0.2, -0.15) is 0 Å². The van der Waals surface area contributed by atoms with Crippen LogP contribution in [0.15, 0.2) is 97.3 Å². The molecule has 6 heteroatoms. The molecule has 0 spiro atoms. The minimum Gasteiger partial charge on any atom is -0.497 e. The molecular formula is C29H30N4O2. The summed E-state index contributed by atoms with van der Waals surface area (Å²) in [5.74, 6) is 1.82. The molecule has 1 aromatic heterocycles. The molecule has 2 heterocycles. The van der Waals surface area contributed by atoms with Gasteiger partial charge in [0.25, 0.3) is 0 Å². The minimum absolute atomic E-state index is 0.0792. The number of amides is 2. The highest BCUT2D eigenvalue weighted by Gasteiger charge is 2.42. The Morgan fingerprint density at radius 3 is 2.26 bits per heavy atom. The van der Waals surface area contributed by atoms with Crippen molar-refractivity contribution in [3.8, 4) is 5.75 Å². The monoisotopic (exact) mass is 466 g/mol. The number of urea groups is 1. The molecule has 1 aliphatic rings. The molecule has 1 N–H and O–H groups in total. The van der Waals surface area contributed by atoms with Gasteiger partial charge in [-0.3, -0.25) is 0 Å². The first kappa shape index (κ1) is 22.7. The van der Waals surface area contributed by atoms with E-state index in [4.69, 9.17) is 9.72 Å². The molecule has 0 aliphatic carbocycles. The number of carbonyl (C=O) groups excluding carboxylic acids is 1. The molecule has 3 aromatic carbocycles. The summed E-state index contributed by atoms with van der Waals surface area (Å²) in [5, 5.41) is 3.02. The van der Waals surface area contributed by atoms with Crippen LogP contribution in [0.4, 0.5) is 10.5 Å². The van der Waals surface area contributed by atoms with E-state index in [-0.39, 0.29) is 11.4 Å².